The van der Waals surface area contributed by atoms with E-state index in [0.717, 1.165) is 5.56 Å². The molecule has 0 bridgehead atoms. The summed E-state index contributed by atoms with van der Waals surface area (Å²) in [6, 6.07) is 9.06. The molecular formula is C12H11ClN4O. The molecule has 0 aliphatic carbocycles. The van der Waals surface area contributed by atoms with Gasteiger partial charge in [-0.2, -0.15) is 4.98 Å². The first kappa shape index (κ1) is 12.3. The standard InChI is InChI=1S/C12H11ClN4O/c13-9-3-1-2-8(6-9)7-18-12-16-5-4-10(17-12)11(14)15/h1-6H,7H2,(H3,14,15). The van der Waals surface area contributed by atoms with Gasteiger partial charge < -0.3 is 10.5 Å². The molecule has 0 fully saturated rings. The minimum Gasteiger partial charge on any atom is -0.459 e. The largest absolute Gasteiger partial charge is 0.459 e. The number of benzene rings is 1. The molecule has 0 aliphatic heterocycles. The van der Waals surface area contributed by atoms with E-state index < -0.39 is 0 Å². The zero-order valence-corrected chi connectivity index (χ0v) is 10.2. The lowest BCUT2D eigenvalue weighted by Crippen LogP contribution is -2.14. The summed E-state index contributed by atoms with van der Waals surface area (Å²) in [5.41, 5.74) is 6.58. The van der Waals surface area contributed by atoms with E-state index in [9.17, 15) is 0 Å². The Morgan fingerprint density at radius 1 is 1.39 bits per heavy atom. The van der Waals surface area contributed by atoms with Crippen molar-refractivity contribution in [2.24, 2.45) is 5.73 Å². The summed E-state index contributed by atoms with van der Waals surface area (Å²) < 4.78 is 5.40. The van der Waals surface area contributed by atoms with Crippen LogP contribution >= 0.6 is 11.6 Å². The Morgan fingerprint density at radius 3 is 2.94 bits per heavy atom. The van der Waals surface area contributed by atoms with Crippen LogP contribution in [0.25, 0.3) is 0 Å². The van der Waals surface area contributed by atoms with Crippen molar-refractivity contribution >= 4 is 17.4 Å². The summed E-state index contributed by atoms with van der Waals surface area (Å²) in [6.07, 6.45) is 1.50. The molecule has 18 heavy (non-hydrogen) atoms. The van der Waals surface area contributed by atoms with Gasteiger partial charge in [0.05, 0.1) is 0 Å². The van der Waals surface area contributed by atoms with Gasteiger partial charge in [0, 0.05) is 11.2 Å². The molecule has 2 aromatic rings. The number of halogens is 1. The minimum absolute atomic E-state index is 0.120. The molecule has 3 N–H and O–H groups in total. The van der Waals surface area contributed by atoms with Gasteiger partial charge in [0.15, 0.2) is 0 Å². The molecule has 0 saturated heterocycles. The third-order valence-corrected chi connectivity index (χ3v) is 2.40. The maximum Gasteiger partial charge on any atom is 0.317 e. The van der Waals surface area contributed by atoms with E-state index >= 15 is 0 Å². The van der Waals surface area contributed by atoms with E-state index in [1.54, 1.807) is 18.2 Å². The number of amidine groups is 1. The van der Waals surface area contributed by atoms with Crippen LogP contribution in [0.15, 0.2) is 36.5 Å². The average Bonchev–Trinajstić information content (AvgIpc) is 2.37. The van der Waals surface area contributed by atoms with E-state index in [2.05, 4.69) is 9.97 Å². The van der Waals surface area contributed by atoms with Gasteiger partial charge in [0.2, 0.25) is 0 Å². The molecule has 5 nitrogen and oxygen atoms in total. The number of nitrogen functional groups attached to an aromatic ring is 1. The second-order valence-electron chi connectivity index (χ2n) is 3.56. The Morgan fingerprint density at radius 2 is 2.22 bits per heavy atom. The van der Waals surface area contributed by atoms with Gasteiger partial charge in [-0.05, 0) is 23.8 Å². The van der Waals surface area contributed by atoms with E-state index in [4.69, 9.17) is 27.5 Å². The van der Waals surface area contributed by atoms with E-state index in [-0.39, 0.29) is 11.8 Å². The highest BCUT2D eigenvalue weighted by molar-refractivity contribution is 6.30. The first-order chi connectivity index (χ1) is 8.65. The fourth-order valence-electron chi connectivity index (χ4n) is 1.33. The van der Waals surface area contributed by atoms with Gasteiger partial charge in [-0.25, -0.2) is 4.98 Å². The lowest BCUT2D eigenvalue weighted by Gasteiger charge is -2.05. The van der Waals surface area contributed by atoms with Crippen molar-refractivity contribution in [2.45, 2.75) is 6.61 Å². The number of hydrogen-bond acceptors (Lipinski definition) is 4. The molecule has 0 aliphatic rings. The molecule has 1 aromatic carbocycles. The minimum atomic E-state index is -0.120. The molecular weight excluding hydrogens is 252 g/mol. The van der Waals surface area contributed by atoms with Crippen LogP contribution in [0.1, 0.15) is 11.3 Å². The van der Waals surface area contributed by atoms with Crippen LogP contribution in [-0.2, 0) is 6.61 Å². The van der Waals surface area contributed by atoms with Gasteiger partial charge in [-0.15, -0.1) is 0 Å². The van der Waals surface area contributed by atoms with Gasteiger partial charge in [-0.3, -0.25) is 5.41 Å². The smallest absolute Gasteiger partial charge is 0.317 e. The second kappa shape index (κ2) is 5.46. The molecule has 0 amide bonds. The predicted molar refractivity (Wildman–Crippen MR) is 68.8 cm³/mol. The monoisotopic (exact) mass is 262 g/mol. The van der Waals surface area contributed by atoms with Gasteiger partial charge in [0.1, 0.15) is 18.1 Å². The molecule has 1 heterocycles. The Balaban J connectivity index is 2.06. The van der Waals surface area contributed by atoms with Crippen molar-refractivity contribution in [1.82, 2.24) is 9.97 Å². The zero-order valence-electron chi connectivity index (χ0n) is 9.43. The number of ether oxygens (including phenoxy) is 1. The van der Waals surface area contributed by atoms with Crippen molar-refractivity contribution in [3.63, 3.8) is 0 Å². The molecule has 0 radical (unpaired) electrons. The summed E-state index contributed by atoms with van der Waals surface area (Å²) in [4.78, 5) is 7.93. The maximum absolute atomic E-state index is 7.27. The zero-order chi connectivity index (χ0) is 13.0. The van der Waals surface area contributed by atoms with Crippen LogP contribution in [0, 0.1) is 5.41 Å². The lowest BCUT2D eigenvalue weighted by molar-refractivity contribution is 0.280. The SMILES string of the molecule is N=C(N)c1ccnc(OCc2cccc(Cl)c2)n1. The van der Waals surface area contributed by atoms with E-state index in [1.165, 1.54) is 6.20 Å². The van der Waals surface area contributed by atoms with Crippen molar-refractivity contribution < 1.29 is 4.74 Å². The molecule has 2 rings (SSSR count). The first-order valence-corrected chi connectivity index (χ1v) is 5.57. The number of aromatic nitrogens is 2. The highest BCUT2D eigenvalue weighted by atomic mass is 35.5. The molecule has 0 atom stereocenters. The van der Waals surface area contributed by atoms with E-state index in [1.807, 2.05) is 12.1 Å². The van der Waals surface area contributed by atoms with Gasteiger partial charge >= 0.3 is 6.01 Å². The lowest BCUT2D eigenvalue weighted by atomic mass is 10.2. The maximum atomic E-state index is 7.27. The number of nitrogens with one attached hydrogen (secondary N) is 1. The highest BCUT2D eigenvalue weighted by Crippen LogP contribution is 2.12. The molecule has 0 spiro atoms. The molecule has 0 unspecified atom stereocenters. The average molecular weight is 263 g/mol. The van der Waals surface area contributed by atoms with Gasteiger partial charge in [0.25, 0.3) is 0 Å². The summed E-state index contributed by atoms with van der Waals surface area (Å²) in [5, 5.41) is 7.92. The summed E-state index contributed by atoms with van der Waals surface area (Å²) in [5.74, 6) is -0.120. The second-order valence-corrected chi connectivity index (χ2v) is 3.99. The predicted octanol–water partition coefficient (Wildman–Crippen LogP) is 1.99. The third kappa shape index (κ3) is 3.18. The number of hydrogen-bond donors (Lipinski definition) is 2. The first-order valence-electron chi connectivity index (χ1n) is 5.20. The molecule has 92 valence electrons. The highest BCUT2D eigenvalue weighted by Gasteiger charge is 2.03. The summed E-state index contributed by atoms with van der Waals surface area (Å²) >= 11 is 5.86. The van der Waals surface area contributed by atoms with Crippen LogP contribution in [0.5, 0.6) is 6.01 Å². The third-order valence-electron chi connectivity index (χ3n) is 2.17. The fraction of sp³-hybridized carbons (Fsp3) is 0.0833. The van der Waals surface area contributed by atoms with Crippen LogP contribution < -0.4 is 10.5 Å². The quantitative estimate of drug-likeness (QED) is 0.652. The van der Waals surface area contributed by atoms with E-state index in [0.29, 0.717) is 17.3 Å². The number of nitrogens with zero attached hydrogens (tertiary/aromatic N) is 2. The fourth-order valence-corrected chi connectivity index (χ4v) is 1.55. The molecule has 0 saturated carbocycles. The van der Waals surface area contributed by atoms with Crippen LogP contribution in [0.4, 0.5) is 0 Å². The topological polar surface area (TPSA) is 84.9 Å². The van der Waals surface area contributed by atoms with Crippen LogP contribution in [-0.4, -0.2) is 15.8 Å². The Kier molecular flexibility index (Phi) is 3.74. The normalized spacial score (nSPS) is 10.1. The number of rotatable bonds is 4. The van der Waals surface area contributed by atoms with Crippen LogP contribution in [0.2, 0.25) is 5.02 Å². The Hall–Kier alpha value is -2.14. The van der Waals surface area contributed by atoms with Crippen LogP contribution in [0.3, 0.4) is 0 Å². The Labute approximate surface area is 109 Å². The van der Waals surface area contributed by atoms with Gasteiger partial charge in [-0.1, -0.05) is 23.7 Å². The molecule has 6 heteroatoms. The Bertz CT molecular complexity index is 574. The van der Waals surface area contributed by atoms with Crippen molar-refractivity contribution in [3.8, 4) is 6.01 Å². The van der Waals surface area contributed by atoms with Crippen molar-refractivity contribution in [2.75, 3.05) is 0 Å². The summed E-state index contributed by atoms with van der Waals surface area (Å²) in [6.45, 7) is 0.307. The number of nitrogens with two attached hydrogens (primary N) is 1. The van der Waals surface area contributed by atoms with Crippen molar-refractivity contribution in [3.05, 3.63) is 52.8 Å². The molecule has 1 aromatic heterocycles. The van der Waals surface area contributed by atoms with Crippen molar-refractivity contribution in [1.29, 1.82) is 5.41 Å². The summed E-state index contributed by atoms with van der Waals surface area (Å²) in [7, 11) is 0.